The lowest BCUT2D eigenvalue weighted by Gasteiger charge is -2.13. The van der Waals surface area contributed by atoms with Crippen molar-refractivity contribution in [2.45, 2.75) is 31.3 Å². The number of esters is 1. The van der Waals surface area contributed by atoms with Gasteiger partial charge in [0.25, 0.3) is 5.56 Å². The molecule has 0 radical (unpaired) electrons. The van der Waals surface area contributed by atoms with Gasteiger partial charge in [-0.1, -0.05) is 59.2 Å². The van der Waals surface area contributed by atoms with E-state index in [1.165, 1.54) is 23.1 Å². The molecule has 4 rings (SSSR count). The van der Waals surface area contributed by atoms with E-state index in [0.717, 1.165) is 11.1 Å². The second-order valence-electron chi connectivity index (χ2n) is 7.29. The average molecular weight is 519 g/mol. The monoisotopic (exact) mass is 518 g/mol. The van der Waals surface area contributed by atoms with Crippen LogP contribution in [0.15, 0.2) is 58.5 Å². The fourth-order valence-electron chi connectivity index (χ4n) is 3.43. The fourth-order valence-corrected chi connectivity index (χ4v) is 5.91. The van der Waals surface area contributed by atoms with Gasteiger partial charge in [0.2, 0.25) is 0 Å². The van der Waals surface area contributed by atoms with Gasteiger partial charge >= 0.3 is 5.97 Å². The topological polar surface area (TPSA) is 61.2 Å². The highest BCUT2D eigenvalue weighted by Gasteiger charge is 2.22. The van der Waals surface area contributed by atoms with E-state index in [1.807, 2.05) is 42.5 Å². The lowest BCUT2D eigenvalue weighted by molar-refractivity contribution is 0.0531. The van der Waals surface area contributed by atoms with Crippen LogP contribution in [0.2, 0.25) is 10.0 Å². The molecule has 4 aromatic rings. The van der Waals surface area contributed by atoms with Crippen LogP contribution in [0.4, 0.5) is 0 Å². The van der Waals surface area contributed by atoms with Gasteiger partial charge in [0.1, 0.15) is 9.71 Å². The van der Waals surface area contributed by atoms with Gasteiger partial charge in [0.05, 0.1) is 18.5 Å². The minimum atomic E-state index is -0.438. The summed E-state index contributed by atoms with van der Waals surface area (Å²) in [5.41, 5.74) is 2.30. The molecule has 0 fully saturated rings. The van der Waals surface area contributed by atoms with Crippen LogP contribution in [-0.4, -0.2) is 22.1 Å². The normalized spacial score (nSPS) is 11.2. The molecule has 5 nitrogen and oxygen atoms in total. The molecule has 0 aliphatic rings. The molecule has 2 heterocycles. The number of carbonyl (C=O) groups excluding carboxylic acids is 1. The van der Waals surface area contributed by atoms with Gasteiger partial charge in [0.15, 0.2) is 5.16 Å². The predicted molar refractivity (Wildman–Crippen MR) is 136 cm³/mol. The molecule has 0 atom stereocenters. The zero-order valence-corrected chi connectivity index (χ0v) is 21.1. The minimum absolute atomic E-state index is 0.196. The van der Waals surface area contributed by atoms with Crippen LogP contribution >= 0.6 is 46.3 Å². The van der Waals surface area contributed by atoms with Crippen LogP contribution in [0.3, 0.4) is 0 Å². The molecule has 2 aromatic heterocycles. The summed E-state index contributed by atoms with van der Waals surface area (Å²) in [6, 6.07) is 15.0. The maximum absolute atomic E-state index is 13.6. The molecule has 0 bridgehead atoms. The molecule has 0 spiro atoms. The summed E-state index contributed by atoms with van der Waals surface area (Å²) in [6.07, 6.45) is 0. The number of aromatic nitrogens is 2. The minimum Gasteiger partial charge on any atom is -0.462 e. The second-order valence-corrected chi connectivity index (χ2v) is 10.1. The van der Waals surface area contributed by atoms with Crippen LogP contribution < -0.4 is 5.56 Å². The first-order chi connectivity index (χ1) is 15.9. The standard InChI is InChI=1S/C24H20Cl2N2O3S2/c1-3-31-23(30)20-14(2)19-21(33-20)27-24(32-13-16-7-5-9-18(26)11-16)28(22(19)29)12-15-6-4-8-17(25)10-15/h4-11H,3,12-13H2,1-2H3. The Labute approximate surface area is 209 Å². The first-order valence-corrected chi connectivity index (χ1v) is 12.8. The van der Waals surface area contributed by atoms with Gasteiger partial charge < -0.3 is 4.74 Å². The van der Waals surface area contributed by atoms with Crippen molar-refractivity contribution in [2.24, 2.45) is 0 Å². The summed E-state index contributed by atoms with van der Waals surface area (Å²) in [5.74, 6) is 0.148. The molecule has 170 valence electrons. The van der Waals surface area contributed by atoms with E-state index in [4.69, 9.17) is 32.9 Å². The van der Waals surface area contributed by atoms with E-state index in [2.05, 4.69) is 0 Å². The van der Waals surface area contributed by atoms with E-state index in [0.29, 0.717) is 48.2 Å². The smallest absolute Gasteiger partial charge is 0.348 e. The van der Waals surface area contributed by atoms with Crippen molar-refractivity contribution >= 4 is 62.5 Å². The van der Waals surface area contributed by atoms with Gasteiger partial charge in [-0.25, -0.2) is 9.78 Å². The largest absolute Gasteiger partial charge is 0.462 e. The number of thiophene rings is 1. The van der Waals surface area contributed by atoms with Gasteiger partial charge in [-0.2, -0.15) is 0 Å². The van der Waals surface area contributed by atoms with Gasteiger partial charge in [-0.3, -0.25) is 9.36 Å². The number of hydrogen-bond donors (Lipinski definition) is 0. The highest BCUT2D eigenvalue weighted by molar-refractivity contribution is 7.98. The maximum atomic E-state index is 13.6. The molecule has 0 aliphatic carbocycles. The Hall–Kier alpha value is -2.32. The SMILES string of the molecule is CCOC(=O)c1sc2nc(SCc3cccc(Cl)c3)n(Cc3cccc(Cl)c3)c(=O)c2c1C. The number of aryl methyl sites for hydroxylation is 1. The zero-order valence-electron chi connectivity index (χ0n) is 17.9. The Morgan fingerprint density at radius 1 is 1.12 bits per heavy atom. The first kappa shape index (κ1) is 23.8. The van der Waals surface area contributed by atoms with Crippen molar-refractivity contribution in [3.8, 4) is 0 Å². The Balaban J connectivity index is 1.81. The van der Waals surface area contributed by atoms with E-state index >= 15 is 0 Å². The molecule has 0 saturated heterocycles. The number of carbonyl (C=O) groups is 1. The van der Waals surface area contributed by atoms with Gasteiger partial charge in [0, 0.05) is 15.8 Å². The summed E-state index contributed by atoms with van der Waals surface area (Å²) in [7, 11) is 0. The number of nitrogens with zero attached hydrogens (tertiary/aromatic N) is 2. The third kappa shape index (κ3) is 5.27. The number of rotatable bonds is 7. The van der Waals surface area contributed by atoms with Crippen LogP contribution in [0.25, 0.3) is 10.2 Å². The zero-order chi connectivity index (χ0) is 23.5. The van der Waals surface area contributed by atoms with Crippen molar-refractivity contribution in [3.05, 3.63) is 90.5 Å². The second kappa shape index (κ2) is 10.3. The quantitative estimate of drug-likeness (QED) is 0.157. The van der Waals surface area contributed by atoms with Crippen molar-refractivity contribution in [3.63, 3.8) is 0 Å². The summed E-state index contributed by atoms with van der Waals surface area (Å²) in [5, 5.41) is 2.25. The van der Waals surface area contributed by atoms with Gasteiger partial charge in [-0.15, -0.1) is 11.3 Å². The number of fused-ring (bicyclic) bond motifs is 1. The third-order valence-corrected chi connectivity index (χ3v) is 7.65. The van der Waals surface area contributed by atoms with E-state index in [-0.39, 0.29) is 12.2 Å². The Morgan fingerprint density at radius 3 is 2.45 bits per heavy atom. The number of ether oxygens (including phenoxy) is 1. The molecule has 0 N–H and O–H groups in total. The molecule has 2 aromatic carbocycles. The van der Waals surface area contributed by atoms with Crippen LogP contribution in [-0.2, 0) is 17.0 Å². The summed E-state index contributed by atoms with van der Waals surface area (Å²) in [4.78, 5) is 31.8. The Bertz CT molecular complexity index is 1400. The summed E-state index contributed by atoms with van der Waals surface area (Å²) < 4.78 is 6.80. The van der Waals surface area contributed by atoms with Crippen LogP contribution in [0.5, 0.6) is 0 Å². The lowest BCUT2D eigenvalue weighted by atomic mass is 10.2. The van der Waals surface area contributed by atoms with Crippen molar-refractivity contribution in [1.82, 2.24) is 9.55 Å². The Morgan fingerprint density at radius 2 is 1.79 bits per heavy atom. The van der Waals surface area contributed by atoms with Crippen molar-refractivity contribution in [2.75, 3.05) is 6.61 Å². The predicted octanol–water partition coefficient (Wildman–Crippen LogP) is 6.59. The molecule has 0 amide bonds. The van der Waals surface area contributed by atoms with Crippen molar-refractivity contribution in [1.29, 1.82) is 0 Å². The highest BCUT2D eigenvalue weighted by atomic mass is 35.5. The van der Waals surface area contributed by atoms with E-state index in [9.17, 15) is 9.59 Å². The highest BCUT2D eigenvalue weighted by Crippen LogP contribution is 2.31. The number of halogens is 2. The fraction of sp³-hybridized carbons (Fsp3) is 0.208. The third-order valence-electron chi connectivity index (χ3n) is 4.96. The van der Waals surface area contributed by atoms with Crippen LogP contribution in [0, 0.1) is 6.92 Å². The molecular weight excluding hydrogens is 499 g/mol. The number of benzene rings is 2. The molecule has 0 saturated carbocycles. The first-order valence-electron chi connectivity index (χ1n) is 10.2. The average Bonchev–Trinajstić information content (AvgIpc) is 3.11. The molecule has 0 unspecified atom stereocenters. The van der Waals surface area contributed by atoms with Crippen LogP contribution in [0.1, 0.15) is 33.3 Å². The summed E-state index contributed by atoms with van der Waals surface area (Å²) in [6.45, 7) is 4.09. The molecule has 9 heteroatoms. The van der Waals surface area contributed by atoms with Crippen molar-refractivity contribution < 1.29 is 9.53 Å². The Kier molecular flexibility index (Phi) is 7.44. The maximum Gasteiger partial charge on any atom is 0.348 e. The summed E-state index contributed by atoms with van der Waals surface area (Å²) >= 11 is 14.9. The number of hydrogen-bond acceptors (Lipinski definition) is 6. The molecule has 0 aliphatic heterocycles. The number of thioether (sulfide) groups is 1. The van der Waals surface area contributed by atoms with E-state index in [1.54, 1.807) is 24.5 Å². The molecular formula is C24H20Cl2N2O3S2. The lowest BCUT2D eigenvalue weighted by Crippen LogP contribution is -2.24. The molecule has 33 heavy (non-hydrogen) atoms. The van der Waals surface area contributed by atoms with Gasteiger partial charge in [-0.05, 0) is 54.8 Å². The van der Waals surface area contributed by atoms with E-state index < -0.39 is 5.97 Å².